The molecule has 49 heavy (non-hydrogen) atoms. The maximum atomic E-state index is 6.24. The number of rotatable bonds is 5. The summed E-state index contributed by atoms with van der Waals surface area (Å²) in [5.41, 5.74) is 9.95. The van der Waals surface area contributed by atoms with Crippen LogP contribution in [-0.2, 0) is 0 Å². The van der Waals surface area contributed by atoms with E-state index in [1.165, 1.54) is 53.2 Å². The van der Waals surface area contributed by atoms with Crippen molar-refractivity contribution in [2.45, 2.75) is 0 Å². The highest BCUT2D eigenvalue weighted by Crippen LogP contribution is 2.45. The lowest BCUT2D eigenvalue weighted by atomic mass is 9.94. The summed E-state index contributed by atoms with van der Waals surface area (Å²) in [5, 5.41) is 7.27. The summed E-state index contributed by atoms with van der Waals surface area (Å²) in [7, 11) is 0. The summed E-state index contributed by atoms with van der Waals surface area (Å²) in [5.74, 6) is 0. The summed E-state index contributed by atoms with van der Waals surface area (Å²) in [4.78, 5) is 2.40. The van der Waals surface area contributed by atoms with Gasteiger partial charge in [0.05, 0.1) is 5.69 Å². The number of nitrogens with zero attached hydrogens (tertiary/aromatic N) is 1. The van der Waals surface area contributed by atoms with Gasteiger partial charge >= 0.3 is 0 Å². The largest absolute Gasteiger partial charge is 0.456 e. The molecule has 10 rings (SSSR count). The second kappa shape index (κ2) is 11.2. The first-order valence-electron chi connectivity index (χ1n) is 16.6. The molecule has 0 aliphatic heterocycles. The molecule has 2 aromatic heterocycles. The molecule has 0 N–H and O–H groups in total. The maximum absolute atomic E-state index is 6.24. The number of furan rings is 1. The Balaban J connectivity index is 1.18. The third kappa shape index (κ3) is 4.62. The molecule has 0 aliphatic carbocycles. The molecule has 0 saturated carbocycles. The first-order chi connectivity index (χ1) is 24.3. The normalized spacial score (nSPS) is 11.7. The van der Waals surface area contributed by atoms with Gasteiger partial charge in [-0.05, 0) is 88.3 Å². The fraction of sp³-hybridized carbons (Fsp3) is 0. The van der Waals surface area contributed by atoms with Gasteiger partial charge in [0.15, 0.2) is 0 Å². The molecule has 0 radical (unpaired) electrons. The predicted octanol–water partition coefficient (Wildman–Crippen LogP) is 13.9. The zero-order chi connectivity index (χ0) is 32.3. The SMILES string of the molecule is c1ccc(-c2ccccc2-c2ccc(N(c3ccc4oc5ccccc5c4c3)c3cccc4cc5sc6ccccc6c5cc34)cc2)cc1. The van der Waals surface area contributed by atoms with Crippen molar-refractivity contribution < 1.29 is 4.42 Å². The van der Waals surface area contributed by atoms with Crippen LogP contribution in [0.15, 0.2) is 180 Å². The molecular formula is C46H29NOS. The lowest BCUT2D eigenvalue weighted by Crippen LogP contribution is -2.10. The van der Waals surface area contributed by atoms with Crippen LogP contribution in [0.5, 0.6) is 0 Å². The zero-order valence-electron chi connectivity index (χ0n) is 26.5. The topological polar surface area (TPSA) is 16.4 Å². The molecule has 0 aliphatic rings. The average molecular weight is 644 g/mol. The third-order valence-corrected chi connectivity index (χ3v) is 10.8. The number of thiophene rings is 1. The van der Waals surface area contributed by atoms with Gasteiger partial charge in [0, 0.05) is 47.7 Å². The zero-order valence-corrected chi connectivity index (χ0v) is 27.3. The van der Waals surface area contributed by atoms with Gasteiger partial charge in [-0.25, -0.2) is 0 Å². The molecule has 0 unspecified atom stereocenters. The van der Waals surface area contributed by atoms with E-state index in [1.54, 1.807) is 0 Å². The molecule has 0 spiro atoms. The van der Waals surface area contributed by atoms with Gasteiger partial charge in [-0.3, -0.25) is 0 Å². The number of para-hydroxylation sites is 1. The van der Waals surface area contributed by atoms with E-state index >= 15 is 0 Å². The van der Waals surface area contributed by atoms with Crippen LogP contribution in [0, 0.1) is 0 Å². The van der Waals surface area contributed by atoms with Crippen molar-refractivity contribution in [3.05, 3.63) is 176 Å². The molecule has 230 valence electrons. The number of benzene rings is 8. The molecule has 0 amide bonds. The van der Waals surface area contributed by atoms with E-state index < -0.39 is 0 Å². The molecular weight excluding hydrogens is 615 g/mol. The minimum Gasteiger partial charge on any atom is -0.456 e. The van der Waals surface area contributed by atoms with Gasteiger partial charge in [0.2, 0.25) is 0 Å². The first kappa shape index (κ1) is 27.9. The van der Waals surface area contributed by atoms with Gasteiger partial charge in [-0.1, -0.05) is 115 Å². The maximum Gasteiger partial charge on any atom is 0.135 e. The second-order valence-corrected chi connectivity index (χ2v) is 13.6. The van der Waals surface area contributed by atoms with Crippen LogP contribution in [0.2, 0.25) is 0 Å². The van der Waals surface area contributed by atoms with Crippen molar-refractivity contribution in [3.63, 3.8) is 0 Å². The Morgan fingerprint density at radius 2 is 1.06 bits per heavy atom. The first-order valence-corrected chi connectivity index (χ1v) is 17.4. The molecule has 0 atom stereocenters. The predicted molar refractivity (Wildman–Crippen MR) is 210 cm³/mol. The van der Waals surface area contributed by atoms with Crippen LogP contribution in [-0.4, -0.2) is 0 Å². The highest BCUT2D eigenvalue weighted by molar-refractivity contribution is 7.25. The van der Waals surface area contributed by atoms with Crippen molar-refractivity contribution in [1.29, 1.82) is 0 Å². The fourth-order valence-corrected chi connectivity index (χ4v) is 8.49. The Morgan fingerprint density at radius 1 is 0.388 bits per heavy atom. The molecule has 8 aromatic carbocycles. The van der Waals surface area contributed by atoms with E-state index in [1.807, 2.05) is 23.5 Å². The van der Waals surface area contributed by atoms with Crippen LogP contribution >= 0.6 is 11.3 Å². The summed E-state index contributed by atoms with van der Waals surface area (Å²) in [6, 6.07) is 63.3. The van der Waals surface area contributed by atoms with E-state index in [4.69, 9.17) is 4.42 Å². The smallest absolute Gasteiger partial charge is 0.135 e. The lowest BCUT2D eigenvalue weighted by molar-refractivity contribution is 0.669. The molecule has 0 bridgehead atoms. The summed E-state index contributed by atoms with van der Waals surface area (Å²) >= 11 is 1.86. The second-order valence-electron chi connectivity index (χ2n) is 12.5. The van der Waals surface area contributed by atoms with Crippen molar-refractivity contribution >= 4 is 81.3 Å². The average Bonchev–Trinajstić information content (AvgIpc) is 3.72. The van der Waals surface area contributed by atoms with Crippen LogP contribution in [0.4, 0.5) is 17.1 Å². The van der Waals surface area contributed by atoms with Crippen LogP contribution in [0.1, 0.15) is 0 Å². The quantitative estimate of drug-likeness (QED) is 0.186. The van der Waals surface area contributed by atoms with Crippen LogP contribution in [0.25, 0.3) is 75.1 Å². The van der Waals surface area contributed by atoms with Crippen LogP contribution < -0.4 is 4.90 Å². The Labute approximate surface area is 287 Å². The van der Waals surface area contributed by atoms with Crippen molar-refractivity contribution in [2.24, 2.45) is 0 Å². The monoisotopic (exact) mass is 643 g/mol. The Kier molecular flexibility index (Phi) is 6.39. The molecule has 0 fully saturated rings. The van der Waals surface area contributed by atoms with E-state index in [-0.39, 0.29) is 0 Å². The Morgan fingerprint density at radius 3 is 1.90 bits per heavy atom. The van der Waals surface area contributed by atoms with E-state index in [0.717, 1.165) is 39.0 Å². The molecule has 2 heterocycles. The van der Waals surface area contributed by atoms with Gasteiger partial charge in [0.1, 0.15) is 11.2 Å². The van der Waals surface area contributed by atoms with Crippen molar-refractivity contribution in [1.82, 2.24) is 0 Å². The van der Waals surface area contributed by atoms with Gasteiger partial charge < -0.3 is 9.32 Å². The third-order valence-electron chi connectivity index (χ3n) is 9.66. The lowest BCUT2D eigenvalue weighted by Gasteiger charge is -2.27. The van der Waals surface area contributed by atoms with Crippen LogP contribution in [0.3, 0.4) is 0 Å². The summed E-state index contributed by atoms with van der Waals surface area (Å²) in [6.07, 6.45) is 0. The summed E-state index contributed by atoms with van der Waals surface area (Å²) < 4.78 is 8.87. The highest BCUT2D eigenvalue weighted by Gasteiger charge is 2.19. The van der Waals surface area contributed by atoms with Gasteiger partial charge in [-0.15, -0.1) is 11.3 Å². The van der Waals surface area contributed by atoms with Crippen molar-refractivity contribution in [3.8, 4) is 22.3 Å². The number of hydrogen-bond donors (Lipinski definition) is 0. The Bertz CT molecular complexity index is 2830. The van der Waals surface area contributed by atoms with Crippen molar-refractivity contribution in [2.75, 3.05) is 4.90 Å². The number of fused-ring (bicyclic) bond motifs is 7. The summed E-state index contributed by atoms with van der Waals surface area (Å²) in [6.45, 7) is 0. The van der Waals surface area contributed by atoms with Gasteiger partial charge in [0.25, 0.3) is 0 Å². The number of hydrogen-bond acceptors (Lipinski definition) is 3. The van der Waals surface area contributed by atoms with Gasteiger partial charge in [-0.2, -0.15) is 0 Å². The molecule has 0 saturated heterocycles. The standard InChI is InChI=1S/C46H29NOS/c1-2-11-30(12-3-1)35-14-4-5-15-36(35)31-21-23-33(24-22-31)47(34-25-26-44-40(28-34)37-16-6-8-19-43(37)48-44)42-18-10-13-32-27-46-41(29-39(32)42)38-17-7-9-20-45(38)49-46/h1-29H. The minimum atomic E-state index is 0.891. The van der Waals surface area contributed by atoms with E-state index in [9.17, 15) is 0 Å². The molecule has 3 heteroatoms. The highest BCUT2D eigenvalue weighted by atomic mass is 32.1. The van der Waals surface area contributed by atoms with E-state index in [0.29, 0.717) is 0 Å². The number of anilines is 3. The fourth-order valence-electron chi connectivity index (χ4n) is 7.35. The molecule has 10 aromatic rings. The van der Waals surface area contributed by atoms with E-state index in [2.05, 4.69) is 169 Å². The Hall–Kier alpha value is -6.16. The molecule has 2 nitrogen and oxygen atoms in total. The minimum absolute atomic E-state index is 0.891.